The lowest BCUT2D eigenvalue weighted by atomic mass is 9.99. The van der Waals surface area contributed by atoms with E-state index < -0.39 is 0 Å². The Morgan fingerprint density at radius 1 is 1.36 bits per heavy atom. The Morgan fingerprint density at radius 3 is 2.86 bits per heavy atom. The average molecular weight is 189 g/mol. The summed E-state index contributed by atoms with van der Waals surface area (Å²) >= 11 is 0. The number of hydrogen-bond acceptors (Lipinski definition) is 2. The Kier molecular flexibility index (Phi) is 2.25. The molecule has 0 saturated heterocycles. The molecule has 2 heterocycles. The van der Waals surface area contributed by atoms with Crippen molar-refractivity contribution in [1.29, 1.82) is 0 Å². The van der Waals surface area contributed by atoms with Gasteiger partial charge in [-0.2, -0.15) is 0 Å². The van der Waals surface area contributed by atoms with E-state index in [-0.39, 0.29) is 6.04 Å². The molecule has 0 fully saturated rings. The molecule has 3 nitrogen and oxygen atoms in total. The van der Waals surface area contributed by atoms with Crippen LogP contribution in [0.4, 0.5) is 0 Å². The van der Waals surface area contributed by atoms with Gasteiger partial charge in [0.05, 0.1) is 0 Å². The van der Waals surface area contributed by atoms with Gasteiger partial charge in [-0.1, -0.05) is 19.9 Å². The maximum atomic E-state index is 6.06. The molecule has 74 valence electrons. The molecule has 1 atom stereocenters. The summed E-state index contributed by atoms with van der Waals surface area (Å²) in [5, 5.41) is 0. The highest BCUT2D eigenvalue weighted by Gasteiger charge is 2.10. The van der Waals surface area contributed by atoms with Gasteiger partial charge < -0.3 is 10.1 Å². The molecular formula is C11H15N3. The third-order valence-electron chi connectivity index (χ3n) is 2.51. The van der Waals surface area contributed by atoms with E-state index in [1.165, 1.54) is 0 Å². The van der Waals surface area contributed by atoms with Crippen LogP contribution in [0.25, 0.3) is 5.65 Å². The van der Waals surface area contributed by atoms with Gasteiger partial charge in [-0.3, -0.25) is 0 Å². The molecule has 14 heavy (non-hydrogen) atoms. The van der Waals surface area contributed by atoms with Gasteiger partial charge in [0.2, 0.25) is 0 Å². The monoisotopic (exact) mass is 189 g/mol. The maximum Gasteiger partial charge on any atom is 0.136 e. The number of rotatable bonds is 2. The van der Waals surface area contributed by atoms with Gasteiger partial charge in [-0.05, 0) is 17.5 Å². The predicted molar refractivity (Wildman–Crippen MR) is 57.0 cm³/mol. The molecule has 0 amide bonds. The maximum absolute atomic E-state index is 6.06. The van der Waals surface area contributed by atoms with Crippen molar-refractivity contribution in [1.82, 2.24) is 9.38 Å². The topological polar surface area (TPSA) is 43.3 Å². The van der Waals surface area contributed by atoms with Crippen molar-refractivity contribution < 1.29 is 0 Å². The van der Waals surface area contributed by atoms with Crippen molar-refractivity contribution in [3.63, 3.8) is 0 Å². The van der Waals surface area contributed by atoms with E-state index in [4.69, 9.17) is 5.73 Å². The molecule has 0 aliphatic carbocycles. The number of aromatic nitrogens is 2. The van der Waals surface area contributed by atoms with Crippen molar-refractivity contribution >= 4 is 5.65 Å². The van der Waals surface area contributed by atoms with Crippen molar-refractivity contribution in [2.75, 3.05) is 0 Å². The summed E-state index contributed by atoms with van der Waals surface area (Å²) in [6, 6.07) is 4.15. The van der Waals surface area contributed by atoms with Gasteiger partial charge in [0.15, 0.2) is 0 Å². The second-order valence-electron chi connectivity index (χ2n) is 3.92. The molecule has 0 spiro atoms. The Hall–Kier alpha value is -1.35. The van der Waals surface area contributed by atoms with Crippen LogP contribution >= 0.6 is 0 Å². The van der Waals surface area contributed by atoms with Gasteiger partial charge in [0.1, 0.15) is 5.65 Å². The fraction of sp³-hybridized carbons (Fsp3) is 0.364. The summed E-state index contributed by atoms with van der Waals surface area (Å²) in [6.07, 6.45) is 5.78. The molecule has 2 rings (SSSR count). The van der Waals surface area contributed by atoms with E-state index in [0.29, 0.717) is 5.92 Å². The molecule has 2 aromatic heterocycles. The number of nitrogens with two attached hydrogens (primary N) is 1. The third kappa shape index (κ3) is 1.51. The van der Waals surface area contributed by atoms with Gasteiger partial charge >= 0.3 is 0 Å². The number of hydrogen-bond donors (Lipinski definition) is 1. The molecule has 0 aliphatic rings. The lowest BCUT2D eigenvalue weighted by Crippen LogP contribution is -2.17. The summed E-state index contributed by atoms with van der Waals surface area (Å²) in [4.78, 5) is 4.19. The summed E-state index contributed by atoms with van der Waals surface area (Å²) in [6.45, 7) is 4.26. The molecule has 2 aromatic rings. The zero-order valence-electron chi connectivity index (χ0n) is 8.51. The standard InChI is InChI=1S/C11H15N3/c1-8(2)11(12)9-3-4-10-13-5-6-14(10)7-9/h3-8,11H,12H2,1-2H3. The smallest absolute Gasteiger partial charge is 0.136 e. The van der Waals surface area contributed by atoms with Crippen LogP contribution in [0.15, 0.2) is 30.7 Å². The molecule has 1 unspecified atom stereocenters. The average Bonchev–Trinajstić information content (AvgIpc) is 2.62. The largest absolute Gasteiger partial charge is 0.324 e. The second-order valence-corrected chi connectivity index (χ2v) is 3.92. The van der Waals surface area contributed by atoms with E-state index in [0.717, 1.165) is 11.2 Å². The number of imidazole rings is 1. The number of pyridine rings is 1. The summed E-state index contributed by atoms with van der Waals surface area (Å²) < 4.78 is 2.00. The van der Waals surface area contributed by atoms with E-state index in [1.54, 1.807) is 6.20 Å². The molecular weight excluding hydrogens is 174 g/mol. The normalized spacial score (nSPS) is 13.7. The highest BCUT2D eigenvalue weighted by molar-refractivity contribution is 5.40. The second kappa shape index (κ2) is 3.42. The van der Waals surface area contributed by atoms with Crippen molar-refractivity contribution in [3.05, 3.63) is 36.3 Å². The summed E-state index contributed by atoms with van der Waals surface area (Å²) in [5.74, 6) is 0.455. The highest BCUT2D eigenvalue weighted by atomic mass is 15.0. The van der Waals surface area contributed by atoms with Gasteiger partial charge in [0, 0.05) is 24.6 Å². The number of fused-ring (bicyclic) bond motifs is 1. The Morgan fingerprint density at radius 2 is 2.14 bits per heavy atom. The first kappa shape index (κ1) is 9.21. The van der Waals surface area contributed by atoms with Crippen LogP contribution in [0.1, 0.15) is 25.5 Å². The molecule has 0 radical (unpaired) electrons. The minimum atomic E-state index is 0.0989. The van der Waals surface area contributed by atoms with Crippen LogP contribution in [0.5, 0.6) is 0 Å². The van der Waals surface area contributed by atoms with Crippen LogP contribution in [0.3, 0.4) is 0 Å². The van der Waals surface area contributed by atoms with Gasteiger partial charge in [0.25, 0.3) is 0 Å². The minimum Gasteiger partial charge on any atom is -0.324 e. The SMILES string of the molecule is CC(C)C(N)c1ccc2nccn2c1. The van der Waals surface area contributed by atoms with Gasteiger partial charge in [-0.15, -0.1) is 0 Å². The fourth-order valence-electron chi connectivity index (χ4n) is 1.52. The van der Waals surface area contributed by atoms with Crippen molar-refractivity contribution in [2.24, 2.45) is 11.7 Å². The van der Waals surface area contributed by atoms with Crippen LogP contribution in [-0.4, -0.2) is 9.38 Å². The zero-order valence-corrected chi connectivity index (χ0v) is 8.51. The Bertz CT molecular complexity index is 431. The third-order valence-corrected chi connectivity index (χ3v) is 2.51. The van der Waals surface area contributed by atoms with Gasteiger partial charge in [-0.25, -0.2) is 4.98 Å². The lowest BCUT2D eigenvalue weighted by Gasteiger charge is -2.15. The first-order valence-electron chi connectivity index (χ1n) is 4.86. The van der Waals surface area contributed by atoms with Crippen LogP contribution in [-0.2, 0) is 0 Å². The van der Waals surface area contributed by atoms with E-state index in [1.807, 2.05) is 28.9 Å². The van der Waals surface area contributed by atoms with Crippen molar-refractivity contribution in [3.8, 4) is 0 Å². The Labute approximate surface area is 83.6 Å². The van der Waals surface area contributed by atoms with Crippen LogP contribution in [0, 0.1) is 5.92 Å². The Balaban J connectivity index is 2.43. The van der Waals surface area contributed by atoms with Crippen molar-refractivity contribution in [2.45, 2.75) is 19.9 Å². The molecule has 0 aliphatic heterocycles. The fourth-order valence-corrected chi connectivity index (χ4v) is 1.52. The zero-order chi connectivity index (χ0) is 10.1. The predicted octanol–water partition coefficient (Wildman–Crippen LogP) is 1.99. The minimum absolute atomic E-state index is 0.0989. The summed E-state index contributed by atoms with van der Waals surface area (Å²) in [7, 11) is 0. The first-order chi connectivity index (χ1) is 6.68. The molecule has 0 saturated carbocycles. The molecule has 0 aromatic carbocycles. The highest BCUT2D eigenvalue weighted by Crippen LogP contribution is 2.18. The molecule has 3 heteroatoms. The van der Waals surface area contributed by atoms with E-state index in [9.17, 15) is 0 Å². The van der Waals surface area contributed by atoms with Crippen LogP contribution in [0.2, 0.25) is 0 Å². The first-order valence-corrected chi connectivity index (χ1v) is 4.86. The molecule has 2 N–H and O–H groups in total. The quantitative estimate of drug-likeness (QED) is 0.785. The summed E-state index contributed by atoms with van der Waals surface area (Å²) in [5.41, 5.74) is 8.18. The van der Waals surface area contributed by atoms with Crippen LogP contribution < -0.4 is 5.73 Å². The van der Waals surface area contributed by atoms with E-state index in [2.05, 4.69) is 18.8 Å². The number of nitrogens with zero attached hydrogens (tertiary/aromatic N) is 2. The molecule has 0 bridgehead atoms. The van der Waals surface area contributed by atoms with E-state index >= 15 is 0 Å². The lowest BCUT2D eigenvalue weighted by molar-refractivity contribution is 0.512.